The number of esters is 1. The van der Waals surface area contributed by atoms with Crippen LogP contribution >= 0.6 is 0 Å². The minimum Gasteiger partial charge on any atom is -0.469 e. The molecule has 1 unspecified atom stereocenters. The second kappa shape index (κ2) is 9.62. The minimum atomic E-state index is -0.441. The number of nitriles is 1. The number of aryl methyl sites for hydroxylation is 2. The second-order valence-corrected chi connectivity index (χ2v) is 6.38. The van der Waals surface area contributed by atoms with Gasteiger partial charge in [-0.05, 0) is 49.3 Å². The predicted octanol–water partition coefficient (Wildman–Crippen LogP) is 2.30. The Balaban J connectivity index is 1.94. The third-order valence-electron chi connectivity index (χ3n) is 4.53. The quantitative estimate of drug-likeness (QED) is 0.339. The first-order valence-corrected chi connectivity index (χ1v) is 8.88. The number of carbonyl (C=O) groups excluding carboxylic acids is 2. The number of rotatable bonds is 7. The van der Waals surface area contributed by atoms with E-state index in [0.29, 0.717) is 6.54 Å². The molecule has 0 aromatic heterocycles. The van der Waals surface area contributed by atoms with Gasteiger partial charge in [0.05, 0.1) is 19.6 Å². The molecule has 1 atom stereocenters. The molecule has 138 valence electrons. The maximum Gasteiger partial charge on any atom is 0.307 e. The van der Waals surface area contributed by atoms with Crippen LogP contribution in [-0.2, 0) is 27.2 Å². The first kappa shape index (κ1) is 19.5. The highest BCUT2D eigenvalue weighted by Crippen LogP contribution is 2.24. The third-order valence-corrected chi connectivity index (χ3v) is 4.53. The standard InChI is InChI=1S/C20H25N3O3/c1-14(16-8-7-15-5-3-4-6-17(15)11-16)23-20(25)18(12-21)13-22-10-9-19(24)26-2/h7-8,11,13-14,22H,3-6,9-10H2,1-2H3,(H,23,25)/b18-13-. The Labute approximate surface area is 154 Å². The van der Waals surface area contributed by atoms with Gasteiger partial charge < -0.3 is 15.4 Å². The average Bonchev–Trinajstić information content (AvgIpc) is 2.67. The van der Waals surface area contributed by atoms with Gasteiger partial charge in [0.2, 0.25) is 0 Å². The Hall–Kier alpha value is -2.81. The zero-order valence-corrected chi connectivity index (χ0v) is 15.3. The van der Waals surface area contributed by atoms with Gasteiger partial charge in [-0.15, -0.1) is 0 Å². The summed E-state index contributed by atoms with van der Waals surface area (Å²) < 4.78 is 4.53. The molecule has 6 nitrogen and oxygen atoms in total. The number of fused-ring (bicyclic) bond motifs is 1. The summed E-state index contributed by atoms with van der Waals surface area (Å²) in [6.45, 7) is 2.20. The Morgan fingerprint density at radius 3 is 2.73 bits per heavy atom. The van der Waals surface area contributed by atoms with E-state index in [1.165, 1.54) is 37.3 Å². The lowest BCUT2D eigenvalue weighted by Crippen LogP contribution is -2.29. The van der Waals surface area contributed by atoms with E-state index < -0.39 is 5.91 Å². The van der Waals surface area contributed by atoms with Crippen molar-refractivity contribution in [3.63, 3.8) is 0 Å². The van der Waals surface area contributed by atoms with Crippen LogP contribution in [0.5, 0.6) is 0 Å². The largest absolute Gasteiger partial charge is 0.469 e. The average molecular weight is 355 g/mol. The number of amides is 1. The number of hydrogen-bond acceptors (Lipinski definition) is 5. The molecule has 1 aliphatic carbocycles. The van der Waals surface area contributed by atoms with Crippen LogP contribution in [0.4, 0.5) is 0 Å². The van der Waals surface area contributed by atoms with Crippen molar-refractivity contribution < 1.29 is 14.3 Å². The Morgan fingerprint density at radius 2 is 2.04 bits per heavy atom. The summed E-state index contributed by atoms with van der Waals surface area (Å²) in [5.74, 6) is -0.793. The molecule has 1 aromatic rings. The fourth-order valence-corrected chi connectivity index (χ4v) is 2.98. The van der Waals surface area contributed by atoms with Crippen LogP contribution in [0.3, 0.4) is 0 Å². The van der Waals surface area contributed by atoms with Gasteiger partial charge in [-0.1, -0.05) is 18.2 Å². The molecule has 0 heterocycles. The highest BCUT2D eigenvalue weighted by Gasteiger charge is 2.16. The van der Waals surface area contributed by atoms with E-state index in [9.17, 15) is 14.9 Å². The maximum absolute atomic E-state index is 12.3. The minimum absolute atomic E-state index is 0.0281. The first-order valence-electron chi connectivity index (χ1n) is 8.88. The lowest BCUT2D eigenvalue weighted by molar-refractivity contribution is -0.140. The van der Waals surface area contributed by atoms with Gasteiger partial charge >= 0.3 is 5.97 Å². The van der Waals surface area contributed by atoms with Gasteiger partial charge in [-0.3, -0.25) is 9.59 Å². The van der Waals surface area contributed by atoms with E-state index in [4.69, 9.17) is 0 Å². The molecule has 6 heteroatoms. The van der Waals surface area contributed by atoms with Crippen molar-refractivity contribution in [1.82, 2.24) is 10.6 Å². The molecular formula is C20H25N3O3. The maximum atomic E-state index is 12.3. The van der Waals surface area contributed by atoms with Crippen LogP contribution in [0.15, 0.2) is 30.0 Å². The molecular weight excluding hydrogens is 330 g/mol. The number of hydrogen-bond donors (Lipinski definition) is 2. The van der Waals surface area contributed by atoms with E-state index in [0.717, 1.165) is 18.4 Å². The summed E-state index contributed by atoms with van der Waals surface area (Å²) >= 11 is 0. The molecule has 1 amide bonds. The van der Waals surface area contributed by atoms with E-state index in [-0.39, 0.29) is 24.0 Å². The van der Waals surface area contributed by atoms with Gasteiger partial charge in [0.15, 0.2) is 0 Å². The molecule has 0 saturated heterocycles. The van der Waals surface area contributed by atoms with Crippen molar-refractivity contribution in [1.29, 1.82) is 5.26 Å². The molecule has 0 fully saturated rings. The van der Waals surface area contributed by atoms with Crippen molar-refractivity contribution in [3.8, 4) is 6.07 Å². The summed E-state index contributed by atoms with van der Waals surface area (Å²) in [5, 5.41) is 14.8. The van der Waals surface area contributed by atoms with Crippen LogP contribution in [0.1, 0.15) is 48.9 Å². The molecule has 0 radical (unpaired) electrons. The number of ether oxygens (including phenoxy) is 1. The van der Waals surface area contributed by atoms with Crippen molar-refractivity contribution in [2.45, 2.75) is 45.1 Å². The molecule has 0 spiro atoms. The highest BCUT2D eigenvalue weighted by atomic mass is 16.5. The van der Waals surface area contributed by atoms with E-state index in [2.05, 4.69) is 27.5 Å². The Morgan fingerprint density at radius 1 is 1.31 bits per heavy atom. The summed E-state index contributed by atoms with van der Waals surface area (Å²) in [6, 6.07) is 8.03. The van der Waals surface area contributed by atoms with Crippen molar-refractivity contribution in [2.75, 3.05) is 13.7 Å². The SMILES string of the molecule is COC(=O)CCN/C=C(/C#N)C(=O)NC(C)c1ccc2c(c1)CCCC2. The number of methoxy groups -OCH3 is 1. The molecule has 2 N–H and O–H groups in total. The normalized spacial score (nSPS) is 14.6. The lowest BCUT2D eigenvalue weighted by Gasteiger charge is -2.20. The van der Waals surface area contributed by atoms with Gasteiger partial charge in [0.1, 0.15) is 11.6 Å². The third kappa shape index (κ3) is 5.35. The zero-order chi connectivity index (χ0) is 18.9. The van der Waals surface area contributed by atoms with Crippen LogP contribution in [-0.4, -0.2) is 25.5 Å². The predicted molar refractivity (Wildman–Crippen MR) is 98.0 cm³/mol. The van der Waals surface area contributed by atoms with E-state index in [1.807, 2.05) is 19.1 Å². The molecule has 1 aromatic carbocycles. The van der Waals surface area contributed by atoms with Gasteiger partial charge in [-0.25, -0.2) is 0 Å². The second-order valence-electron chi connectivity index (χ2n) is 6.38. The fraction of sp³-hybridized carbons (Fsp3) is 0.450. The van der Waals surface area contributed by atoms with Crippen LogP contribution in [0.25, 0.3) is 0 Å². The molecule has 0 saturated carbocycles. The van der Waals surface area contributed by atoms with Gasteiger partial charge in [0, 0.05) is 12.7 Å². The van der Waals surface area contributed by atoms with Crippen molar-refractivity contribution >= 4 is 11.9 Å². The highest BCUT2D eigenvalue weighted by molar-refractivity contribution is 5.97. The smallest absolute Gasteiger partial charge is 0.307 e. The van der Waals surface area contributed by atoms with E-state index in [1.54, 1.807) is 0 Å². The molecule has 0 aliphatic heterocycles. The monoisotopic (exact) mass is 355 g/mol. The Bertz CT molecular complexity index is 734. The molecule has 0 bridgehead atoms. The van der Waals surface area contributed by atoms with Crippen molar-refractivity contribution in [2.24, 2.45) is 0 Å². The van der Waals surface area contributed by atoms with Crippen molar-refractivity contribution in [3.05, 3.63) is 46.7 Å². The summed E-state index contributed by atoms with van der Waals surface area (Å²) in [6.07, 6.45) is 6.14. The lowest BCUT2D eigenvalue weighted by atomic mass is 9.89. The van der Waals surface area contributed by atoms with E-state index >= 15 is 0 Å². The number of carbonyl (C=O) groups is 2. The fourth-order valence-electron chi connectivity index (χ4n) is 2.98. The summed E-state index contributed by atoms with van der Waals surface area (Å²) in [4.78, 5) is 23.3. The van der Waals surface area contributed by atoms with Crippen LogP contribution in [0, 0.1) is 11.3 Å². The topological polar surface area (TPSA) is 91.2 Å². The molecule has 2 rings (SSSR count). The molecule has 26 heavy (non-hydrogen) atoms. The van der Waals surface area contributed by atoms with Gasteiger partial charge in [0.25, 0.3) is 5.91 Å². The number of nitrogens with zero attached hydrogens (tertiary/aromatic N) is 1. The van der Waals surface area contributed by atoms with Gasteiger partial charge in [-0.2, -0.15) is 5.26 Å². The Kier molecular flexibility index (Phi) is 7.22. The van der Waals surface area contributed by atoms with Crippen LogP contribution < -0.4 is 10.6 Å². The summed E-state index contributed by atoms with van der Waals surface area (Å²) in [5.41, 5.74) is 3.76. The number of benzene rings is 1. The number of nitrogens with one attached hydrogen (secondary N) is 2. The summed E-state index contributed by atoms with van der Waals surface area (Å²) in [7, 11) is 1.31. The first-order chi connectivity index (χ1) is 12.5. The molecule has 1 aliphatic rings. The zero-order valence-electron chi connectivity index (χ0n) is 15.3. The van der Waals surface area contributed by atoms with Crippen LogP contribution in [0.2, 0.25) is 0 Å².